The van der Waals surface area contributed by atoms with Crippen LogP contribution in [0.2, 0.25) is 0 Å². The van der Waals surface area contributed by atoms with E-state index in [2.05, 4.69) is 58.3 Å². The Kier molecular flexibility index (Phi) is 7.10. The van der Waals surface area contributed by atoms with Crippen LogP contribution < -0.4 is 5.32 Å². The minimum atomic E-state index is 0. The van der Waals surface area contributed by atoms with E-state index < -0.39 is 0 Å². The molecule has 1 saturated heterocycles. The van der Waals surface area contributed by atoms with Gasteiger partial charge in [0.1, 0.15) is 0 Å². The number of nitrogens with one attached hydrogen (secondary N) is 1. The highest BCUT2D eigenvalue weighted by Gasteiger charge is 2.16. The Morgan fingerprint density at radius 3 is 2.87 bits per heavy atom. The number of morpholine rings is 1. The van der Waals surface area contributed by atoms with E-state index in [1.165, 1.54) is 11.1 Å². The number of rotatable bonds is 4. The number of hydrogen-bond donors (Lipinski definition) is 1. The van der Waals surface area contributed by atoms with Gasteiger partial charge in [-0.25, -0.2) is 0 Å². The second-order valence-electron chi connectivity index (χ2n) is 6.22. The number of guanidine groups is 1. The fourth-order valence-corrected chi connectivity index (χ4v) is 3.03. The summed E-state index contributed by atoms with van der Waals surface area (Å²) in [5.41, 5.74) is 2.68. The molecule has 0 aliphatic carbocycles. The van der Waals surface area contributed by atoms with Gasteiger partial charge < -0.3 is 15.0 Å². The van der Waals surface area contributed by atoms with Crippen molar-refractivity contribution in [1.29, 1.82) is 0 Å². The fraction of sp³-hybridized carbons (Fsp3) is 0.588. The summed E-state index contributed by atoms with van der Waals surface area (Å²) in [5, 5.41) is 3.43. The summed E-state index contributed by atoms with van der Waals surface area (Å²) in [5.74, 6) is 1.01. The average Bonchev–Trinajstić information content (AvgIpc) is 2.91. The minimum Gasteiger partial charge on any atom is -0.376 e. The fourth-order valence-electron chi connectivity index (χ4n) is 3.03. The second kappa shape index (κ2) is 8.84. The normalized spacial score (nSPS) is 21.7. The average molecular weight is 430 g/mol. The molecule has 0 aromatic heterocycles. The molecule has 0 radical (unpaired) electrons. The van der Waals surface area contributed by atoms with Gasteiger partial charge in [0, 0.05) is 39.8 Å². The number of aliphatic imine (C=N–C) groups is 1. The maximum absolute atomic E-state index is 5.61. The van der Waals surface area contributed by atoms with Gasteiger partial charge in [-0.3, -0.25) is 9.89 Å². The van der Waals surface area contributed by atoms with Crippen LogP contribution in [0.5, 0.6) is 0 Å². The Hall–Kier alpha value is -0.860. The zero-order valence-electron chi connectivity index (χ0n) is 14.0. The van der Waals surface area contributed by atoms with E-state index >= 15 is 0 Å². The van der Waals surface area contributed by atoms with Crippen molar-refractivity contribution in [3.05, 3.63) is 35.4 Å². The number of likely N-dealkylation sites (N-methyl/N-ethyl adjacent to an activating group) is 1. The number of halogens is 1. The molecule has 5 nitrogen and oxygen atoms in total. The van der Waals surface area contributed by atoms with E-state index in [-0.39, 0.29) is 24.0 Å². The summed E-state index contributed by atoms with van der Waals surface area (Å²) >= 11 is 0. The molecule has 6 heteroatoms. The molecule has 3 rings (SSSR count). The monoisotopic (exact) mass is 430 g/mol. The zero-order valence-corrected chi connectivity index (χ0v) is 16.3. The van der Waals surface area contributed by atoms with Crippen LogP contribution >= 0.6 is 24.0 Å². The maximum atomic E-state index is 5.61. The molecule has 0 saturated carbocycles. The van der Waals surface area contributed by atoms with Gasteiger partial charge in [-0.15, -0.1) is 24.0 Å². The van der Waals surface area contributed by atoms with Crippen LogP contribution in [0.4, 0.5) is 0 Å². The third-order valence-corrected chi connectivity index (χ3v) is 4.23. The molecule has 0 bridgehead atoms. The molecule has 2 heterocycles. The van der Waals surface area contributed by atoms with Crippen LogP contribution in [-0.2, 0) is 17.8 Å². The lowest BCUT2D eigenvalue weighted by atomic mass is 10.1. The lowest BCUT2D eigenvalue weighted by Crippen LogP contribution is -2.40. The van der Waals surface area contributed by atoms with E-state index in [9.17, 15) is 0 Å². The summed E-state index contributed by atoms with van der Waals surface area (Å²) in [6.45, 7) is 8.77. The van der Waals surface area contributed by atoms with Crippen molar-refractivity contribution in [1.82, 2.24) is 15.1 Å². The van der Waals surface area contributed by atoms with Crippen molar-refractivity contribution in [2.24, 2.45) is 4.99 Å². The largest absolute Gasteiger partial charge is 0.376 e. The lowest BCUT2D eigenvalue weighted by Gasteiger charge is -2.31. The van der Waals surface area contributed by atoms with Crippen LogP contribution in [-0.4, -0.2) is 61.7 Å². The van der Waals surface area contributed by atoms with Gasteiger partial charge in [-0.1, -0.05) is 24.3 Å². The van der Waals surface area contributed by atoms with Crippen molar-refractivity contribution in [3.8, 4) is 0 Å². The maximum Gasteiger partial charge on any atom is 0.194 e. The smallest absolute Gasteiger partial charge is 0.194 e. The first-order valence-corrected chi connectivity index (χ1v) is 8.12. The predicted molar refractivity (Wildman–Crippen MR) is 104 cm³/mol. The summed E-state index contributed by atoms with van der Waals surface area (Å²) in [7, 11) is 2.08. The molecule has 1 fully saturated rings. The van der Waals surface area contributed by atoms with Crippen LogP contribution in [0.15, 0.2) is 29.3 Å². The van der Waals surface area contributed by atoms with Gasteiger partial charge in [0.05, 0.1) is 19.3 Å². The highest BCUT2D eigenvalue weighted by molar-refractivity contribution is 14.0. The highest BCUT2D eigenvalue weighted by Crippen LogP contribution is 2.12. The summed E-state index contributed by atoms with van der Waals surface area (Å²) in [4.78, 5) is 9.10. The van der Waals surface area contributed by atoms with E-state index in [0.717, 1.165) is 51.8 Å². The first kappa shape index (κ1) is 18.5. The van der Waals surface area contributed by atoms with E-state index in [1.807, 2.05) is 0 Å². The molecule has 0 spiro atoms. The van der Waals surface area contributed by atoms with Gasteiger partial charge in [-0.2, -0.15) is 0 Å². The molecular weight excluding hydrogens is 403 g/mol. The molecule has 0 amide bonds. The Bertz CT molecular complexity index is 537. The zero-order chi connectivity index (χ0) is 15.4. The molecule has 1 aromatic carbocycles. The number of ether oxygens (including phenoxy) is 1. The molecule has 128 valence electrons. The molecule has 1 unspecified atom stereocenters. The number of nitrogens with zero attached hydrogens (tertiary/aromatic N) is 3. The van der Waals surface area contributed by atoms with Crippen molar-refractivity contribution in [2.75, 3.05) is 39.8 Å². The number of benzene rings is 1. The quantitative estimate of drug-likeness (QED) is 0.742. The third-order valence-electron chi connectivity index (χ3n) is 4.23. The minimum absolute atomic E-state index is 0. The van der Waals surface area contributed by atoms with Gasteiger partial charge in [-0.05, 0) is 18.1 Å². The van der Waals surface area contributed by atoms with Crippen LogP contribution in [0, 0.1) is 0 Å². The Balaban J connectivity index is 0.00000192. The Labute approximate surface area is 156 Å². The van der Waals surface area contributed by atoms with Crippen molar-refractivity contribution in [3.63, 3.8) is 0 Å². The summed E-state index contributed by atoms with van der Waals surface area (Å²) in [6, 6.07) is 8.83. The second-order valence-corrected chi connectivity index (χ2v) is 6.22. The molecule has 2 aliphatic heterocycles. The highest BCUT2D eigenvalue weighted by atomic mass is 127. The van der Waals surface area contributed by atoms with E-state index in [4.69, 9.17) is 4.74 Å². The Morgan fingerprint density at radius 2 is 2.13 bits per heavy atom. The van der Waals surface area contributed by atoms with Crippen molar-refractivity contribution >= 4 is 29.9 Å². The molecule has 1 aromatic rings. The standard InChI is InChI=1S/C17H26N4O.HI/c1-14-12-21(8-9-22-14)13-16-5-3-4-15(10-16)11-19-17-18-6-7-20(17)2;/h3-5,10,14H,6-9,11-13H2,1-2H3,(H,18,19);1H. The Morgan fingerprint density at radius 1 is 1.30 bits per heavy atom. The molecule has 1 atom stereocenters. The molecule has 23 heavy (non-hydrogen) atoms. The first-order valence-electron chi connectivity index (χ1n) is 8.12. The lowest BCUT2D eigenvalue weighted by molar-refractivity contribution is -0.0212. The number of hydrogen-bond acceptors (Lipinski definition) is 5. The molecular formula is C17H27IN4O. The van der Waals surface area contributed by atoms with E-state index in [1.54, 1.807) is 0 Å². The topological polar surface area (TPSA) is 40.1 Å². The van der Waals surface area contributed by atoms with Crippen LogP contribution in [0.3, 0.4) is 0 Å². The van der Waals surface area contributed by atoms with Gasteiger partial charge >= 0.3 is 0 Å². The SMILES string of the molecule is CC1CN(Cc2cccc(CNC3=NCCN3C)c2)CCO1.I. The first-order chi connectivity index (χ1) is 10.7. The summed E-state index contributed by atoms with van der Waals surface area (Å²) in [6.07, 6.45) is 0.342. The predicted octanol–water partition coefficient (Wildman–Crippen LogP) is 1.92. The van der Waals surface area contributed by atoms with Gasteiger partial charge in [0.25, 0.3) is 0 Å². The van der Waals surface area contributed by atoms with Crippen molar-refractivity contribution < 1.29 is 4.74 Å². The van der Waals surface area contributed by atoms with Gasteiger partial charge in [0.15, 0.2) is 5.96 Å². The van der Waals surface area contributed by atoms with Gasteiger partial charge in [0.2, 0.25) is 0 Å². The van der Waals surface area contributed by atoms with Crippen molar-refractivity contribution in [2.45, 2.75) is 26.1 Å². The molecule has 2 aliphatic rings. The van der Waals surface area contributed by atoms with Crippen LogP contribution in [0.25, 0.3) is 0 Å². The van der Waals surface area contributed by atoms with E-state index in [0.29, 0.717) is 6.10 Å². The van der Waals surface area contributed by atoms with Crippen LogP contribution in [0.1, 0.15) is 18.1 Å². The third kappa shape index (κ3) is 5.32. The summed E-state index contributed by atoms with van der Waals surface area (Å²) < 4.78 is 5.61. The molecule has 1 N–H and O–H groups in total.